The lowest BCUT2D eigenvalue weighted by atomic mass is 10.1. The Morgan fingerprint density at radius 2 is 0.922 bits per heavy atom. The summed E-state index contributed by atoms with van der Waals surface area (Å²) in [5, 5.41) is 4.83. The minimum absolute atomic E-state index is 0.836. The van der Waals surface area contributed by atoms with Gasteiger partial charge < -0.3 is 9.13 Å². The van der Waals surface area contributed by atoms with Crippen LogP contribution in [-0.2, 0) is 0 Å². The van der Waals surface area contributed by atoms with Crippen LogP contribution < -0.4 is 0 Å². The van der Waals surface area contributed by atoms with Crippen LogP contribution >= 0.6 is 11.3 Å². The van der Waals surface area contributed by atoms with Crippen LogP contribution in [0.1, 0.15) is 0 Å². The molecular weight excluding hydrogens is 643 g/mol. The first-order chi connectivity index (χ1) is 25.3. The minimum Gasteiger partial charge on any atom is -0.309 e. The van der Waals surface area contributed by atoms with Crippen molar-refractivity contribution in [3.63, 3.8) is 0 Å². The number of rotatable bonds is 4. The molecule has 0 bridgehead atoms. The molecule has 0 amide bonds. The molecule has 0 aliphatic heterocycles. The summed E-state index contributed by atoms with van der Waals surface area (Å²) in [5.41, 5.74) is 12.6. The Morgan fingerprint density at radius 3 is 1.53 bits per heavy atom. The number of hydrogen-bond donors (Lipinski definition) is 0. The van der Waals surface area contributed by atoms with Crippen molar-refractivity contribution in [1.29, 1.82) is 0 Å². The van der Waals surface area contributed by atoms with Gasteiger partial charge in [-0.1, -0.05) is 84.9 Å². The van der Waals surface area contributed by atoms with Crippen LogP contribution in [0, 0.1) is 0 Å². The number of hydrogen-bond acceptors (Lipinski definition) is 4. The molecule has 5 aromatic heterocycles. The fourth-order valence-corrected chi connectivity index (χ4v) is 8.61. The molecule has 6 heteroatoms. The van der Waals surface area contributed by atoms with Gasteiger partial charge in [0.2, 0.25) is 0 Å². The fourth-order valence-electron chi connectivity index (χ4n) is 7.68. The van der Waals surface area contributed by atoms with E-state index in [1.54, 1.807) is 11.3 Å². The van der Waals surface area contributed by atoms with E-state index >= 15 is 0 Å². The maximum absolute atomic E-state index is 5.25. The molecule has 0 radical (unpaired) electrons. The Balaban J connectivity index is 1.04. The summed E-state index contributed by atoms with van der Waals surface area (Å²) < 4.78 is 5.75. The van der Waals surface area contributed by atoms with E-state index in [9.17, 15) is 0 Å². The zero-order chi connectivity index (χ0) is 33.5. The topological polar surface area (TPSA) is 48.5 Å². The number of pyridine rings is 1. The van der Waals surface area contributed by atoms with Gasteiger partial charge in [-0.2, -0.15) is 0 Å². The van der Waals surface area contributed by atoms with E-state index in [-0.39, 0.29) is 0 Å². The highest BCUT2D eigenvalue weighted by Gasteiger charge is 2.17. The van der Waals surface area contributed by atoms with Gasteiger partial charge in [-0.3, -0.25) is 0 Å². The first-order valence-corrected chi connectivity index (χ1v) is 17.8. The zero-order valence-electron chi connectivity index (χ0n) is 27.2. The van der Waals surface area contributed by atoms with Crippen molar-refractivity contribution in [3.8, 4) is 33.9 Å². The van der Waals surface area contributed by atoms with E-state index in [0.717, 1.165) is 60.0 Å². The maximum atomic E-state index is 5.25. The Morgan fingerprint density at radius 1 is 0.412 bits per heavy atom. The molecule has 51 heavy (non-hydrogen) atoms. The predicted octanol–water partition coefficient (Wildman–Crippen LogP) is 11.8. The lowest BCUT2D eigenvalue weighted by Gasteiger charge is -2.08. The summed E-state index contributed by atoms with van der Waals surface area (Å²) in [6.07, 6.45) is 1.90. The second-order valence-electron chi connectivity index (χ2n) is 12.9. The highest BCUT2D eigenvalue weighted by Crippen LogP contribution is 2.38. The summed E-state index contributed by atoms with van der Waals surface area (Å²) >= 11 is 1.64. The van der Waals surface area contributed by atoms with Gasteiger partial charge in [0, 0.05) is 44.0 Å². The molecule has 0 N–H and O–H groups in total. The van der Waals surface area contributed by atoms with Crippen molar-refractivity contribution in [2.75, 3.05) is 0 Å². The van der Waals surface area contributed by atoms with Crippen molar-refractivity contribution in [2.24, 2.45) is 0 Å². The number of aromatic nitrogens is 5. The number of nitrogens with zero attached hydrogens (tertiary/aromatic N) is 5. The van der Waals surface area contributed by atoms with Gasteiger partial charge in [0.05, 0.1) is 44.4 Å². The molecule has 5 heterocycles. The van der Waals surface area contributed by atoms with Crippen molar-refractivity contribution in [1.82, 2.24) is 24.1 Å². The van der Waals surface area contributed by atoms with Crippen LogP contribution in [0.25, 0.3) is 98.1 Å². The van der Waals surface area contributed by atoms with Gasteiger partial charge in [0.25, 0.3) is 0 Å². The lowest BCUT2D eigenvalue weighted by Crippen LogP contribution is -1.93. The van der Waals surface area contributed by atoms with Gasteiger partial charge in [0.1, 0.15) is 15.9 Å². The molecule has 11 aromatic rings. The summed E-state index contributed by atoms with van der Waals surface area (Å²) in [7, 11) is 0. The van der Waals surface area contributed by atoms with Gasteiger partial charge >= 0.3 is 0 Å². The third-order valence-electron chi connectivity index (χ3n) is 9.99. The highest BCUT2D eigenvalue weighted by molar-refractivity contribution is 7.25. The third kappa shape index (κ3) is 4.30. The minimum atomic E-state index is 0.836. The number of para-hydroxylation sites is 4. The van der Waals surface area contributed by atoms with Gasteiger partial charge in [-0.25, -0.2) is 15.0 Å². The maximum Gasteiger partial charge on any atom is 0.144 e. The number of thiophene rings is 1. The van der Waals surface area contributed by atoms with Crippen LogP contribution in [0.5, 0.6) is 0 Å². The fraction of sp³-hybridized carbons (Fsp3) is 0. The smallest absolute Gasteiger partial charge is 0.144 e. The molecular formula is C45H27N5S. The normalized spacial score (nSPS) is 11.9. The van der Waals surface area contributed by atoms with E-state index in [2.05, 4.69) is 167 Å². The molecule has 0 saturated heterocycles. The Labute approximate surface area is 296 Å². The second-order valence-corrected chi connectivity index (χ2v) is 13.9. The van der Waals surface area contributed by atoms with Gasteiger partial charge in [0.15, 0.2) is 0 Å². The van der Waals surface area contributed by atoms with E-state index in [4.69, 9.17) is 15.0 Å². The molecule has 11 rings (SSSR count). The SMILES string of the molecule is c1ccc(-n2c3ccccc3c3cc(-c4ccc5sc6ncc(-c7ccc8c(c7)c7ccccc7n8-c7ccccc7)nc6c5n4)ccc32)cc1. The molecule has 5 nitrogen and oxygen atoms in total. The average Bonchev–Trinajstić information content (AvgIpc) is 3.85. The van der Waals surface area contributed by atoms with Crippen molar-refractivity contribution in [3.05, 3.63) is 164 Å². The molecule has 0 atom stereocenters. The van der Waals surface area contributed by atoms with Crippen molar-refractivity contribution < 1.29 is 0 Å². The molecule has 0 spiro atoms. The van der Waals surface area contributed by atoms with Crippen LogP contribution in [0.3, 0.4) is 0 Å². The van der Waals surface area contributed by atoms with Crippen LogP contribution in [0.2, 0.25) is 0 Å². The monoisotopic (exact) mass is 669 g/mol. The summed E-state index contributed by atoms with van der Waals surface area (Å²) in [6.45, 7) is 0. The Kier molecular flexibility index (Phi) is 6.05. The van der Waals surface area contributed by atoms with Crippen molar-refractivity contribution >= 4 is 75.5 Å². The van der Waals surface area contributed by atoms with E-state index in [1.165, 1.54) is 38.1 Å². The van der Waals surface area contributed by atoms with Crippen molar-refractivity contribution in [2.45, 2.75) is 0 Å². The molecule has 0 saturated carbocycles. The molecule has 6 aromatic carbocycles. The summed E-state index contributed by atoms with van der Waals surface area (Å²) in [5.74, 6) is 0. The van der Waals surface area contributed by atoms with E-state index in [0.29, 0.717) is 0 Å². The largest absolute Gasteiger partial charge is 0.309 e. The second kappa shape index (κ2) is 10.9. The number of benzene rings is 6. The average molecular weight is 670 g/mol. The molecule has 0 aliphatic rings. The highest BCUT2D eigenvalue weighted by atomic mass is 32.1. The van der Waals surface area contributed by atoms with E-state index in [1.807, 2.05) is 6.20 Å². The number of fused-ring (bicyclic) bond motifs is 9. The van der Waals surface area contributed by atoms with Gasteiger partial charge in [-0.15, -0.1) is 11.3 Å². The Hall–Kier alpha value is -6.63. The standard InChI is InChI=1S/C45H27N5S/c1-3-11-30(12-4-1)49-38-17-9-7-15-32(38)34-25-28(19-22-40(34)49)36-21-24-42-43(47-36)44-45(51-42)46-27-37(48-44)29-20-23-41-35(26-29)33-16-8-10-18-39(33)50(41)31-13-5-2-6-14-31/h1-27H. The molecule has 0 aliphatic carbocycles. The lowest BCUT2D eigenvalue weighted by molar-refractivity contribution is 1.18. The first-order valence-electron chi connectivity index (χ1n) is 17.0. The summed E-state index contributed by atoms with van der Waals surface area (Å²) in [6, 6.07) is 55.9. The summed E-state index contributed by atoms with van der Waals surface area (Å²) in [4.78, 5) is 16.3. The first kappa shape index (κ1) is 28.2. The zero-order valence-corrected chi connectivity index (χ0v) is 28.0. The van der Waals surface area contributed by atoms with E-state index < -0.39 is 0 Å². The van der Waals surface area contributed by atoms with Crippen LogP contribution in [-0.4, -0.2) is 24.1 Å². The Bertz CT molecular complexity index is 2920. The predicted molar refractivity (Wildman–Crippen MR) is 212 cm³/mol. The third-order valence-corrected chi connectivity index (χ3v) is 11.0. The molecule has 0 unspecified atom stereocenters. The molecule has 0 fully saturated rings. The van der Waals surface area contributed by atoms with Crippen LogP contribution in [0.15, 0.2) is 164 Å². The molecule has 238 valence electrons. The van der Waals surface area contributed by atoms with Gasteiger partial charge in [-0.05, 0) is 72.8 Å². The van der Waals surface area contributed by atoms with Crippen LogP contribution in [0.4, 0.5) is 0 Å². The quantitative estimate of drug-likeness (QED) is 0.187.